The van der Waals surface area contributed by atoms with Crippen molar-refractivity contribution in [3.63, 3.8) is 0 Å². The minimum atomic E-state index is 0.729. The first-order valence-electron chi connectivity index (χ1n) is 10.4. The molecule has 0 aliphatic carbocycles. The summed E-state index contributed by atoms with van der Waals surface area (Å²) in [6, 6.07) is 23.0. The second-order valence-electron chi connectivity index (χ2n) is 7.86. The summed E-state index contributed by atoms with van der Waals surface area (Å²) in [4.78, 5) is 4.93. The van der Waals surface area contributed by atoms with E-state index in [1.54, 1.807) is 0 Å². The van der Waals surface area contributed by atoms with Gasteiger partial charge in [0.05, 0.1) is 5.69 Å². The lowest BCUT2D eigenvalue weighted by molar-refractivity contribution is 0.393. The first-order valence-corrected chi connectivity index (χ1v) is 10.4. The summed E-state index contributed by atoms with van der Waals surface area (Å²) in [6.07, 6.45) is 2.12. The van der Waals surface area contributed by atoms with Crippen molar-refractivity contribution in [1.82, 2.24) is 14.5 Å². The van der Waals surface area contributed by atoms with Crippen LogP contribution in [0.15, 0.2) is 77.4 Å². The van der Waals surface area contributed by atoms with Crippen molar-refractivity contribution in [2.75, 3.05) is 5.32 Å². The van der Waals surface area contributed by atoms with E-state index in [9.17, 15) is 0 Å². The molecule has 5 heteroatoms. The van der Waals surface area contributed by atoms with Crippen LogP contribution < -0.4 is 5.32 Å². The van der Waals surface area contributed by atoms with Crippen LogP contribution in [0.4, 0.5) is 5.82 Å². The van der Waals surface area contributed by atoms with Crippen LogP contribution in [0, 0.1) is 20.8 Å². The van der Waals surface area contributed by atoms with Gasteiger partial charge in [-0.05, 0) is 43.5 Å². The normalized spacial score (nSPS) is 11.2. The standard InChI is InChI=1S/C26H24N4O/c1-17-9-14-23-28-25(26(30(23)16-17)27-15-20-7-5-4-6-8-20)22-12-10-21(11-13-22)24-18(2)29-31-19(24)3/h4-14,16,27H,15H2,1-3H3. The maximum Gasteiger partial charge on any atom is 0.141 e. The molecule has 0 aliphatic heterocycles. The first-order chi connectivity index (χ1) is 15.1. The molecule has 5 aromatic rings. The number of pyridine rings is 1. The molecule has 0 saturated heterocycles. The Hall–Kier alpha value is -3.86. The molecule has 0 bridgehead atoms. The highest BCUT2D eigenvalue weighted by Gasteiger charge is 2.16. The fourth-order valence-electron chi connectivity index (χ4n) is 3.99. The van der Waals surface area contributed by atoms with E-state index in [-0.39, 0.29) is 0 Å². The third-order valence-corrected chi connectivity index (χ3v) is 5.55. The number of aryl methyl sites for hydroxylation is 3. The first kappa shape index (κ1) is 19.1. The summed E-state index contributed by atoms with van der Waals surface area (Å²) in [6.45, 7) is 6.74. The van der Waals surface area contributed by atoms with Crippen LogP contribution in [-0.2, 0) is 6.54 Å². The van der Waals surface area contributed by atoms with E-state index in [1.165, 1.54) is 11.1 Å². The number of hydrogen-bond donors (Lipinski definition) is 1. The molecule has 1 N–H and O–H groups in total. The summed E-state index contributed by atoms with van der Waals surface area (Å²) in [5.41, 5.74) is 8.39. The Labute approximate surface area is 181 Å². The largest absolute Gasteiger partial charge is 0.365 e. The summed E-state index contributed by atoms with van der Waals surface area (Å²) in [5, 5.41) is 7.69. The molecule has 31 heavy (non-hydrogen) atoms. The van der Waals surface area contributed by atoms with Crippen LogP contribution in [0.5, 0.6) is 0 Å². The van der Waals surface area contributed by atoms with Crippen molar-refractivity contribution >= 4 is 11.5 Å². The molecule has 0 radical (unpaired) electrons. The Bertz CT molecular complexity index is 1330. The SMILES string of the molecule is Cc1ccc2nc(-c3ccc(-c4c(C)noc4C)cc3)c(NCc3ccccc3)n2c1. The van der Waals surface area contributed by atoms with Gasteiger partial charge in [0.2, 0.25) is 0 Å². The summed E-state index contributed by atoms with van der Waals surface area (Å²) in [7, 11) is 0. The number of rotatable bonds is 5. The number of aromatic nitrogens is 3. The monoisotopic (exact) mass is 408 g/mol. The predicted molar refractivity (Wildman–Crippen MR) is 124 cm³/mol. The number of nitrogens with zero attached hydrogens (tertiary/aromatic N) is 3. The number of hydrogen-bond acceptors (Lipinski definition) is 4. The van der Waals surface area contributed by atoms with Gasteiger partial charge >= 0.3 is 0 Å². The molecule has 154 valence electrons. The lowest BCUT2D eigenvalue weighted by Gasteiger charge is -2.10. The molecule has 5 nitrogen and oxygen atoms in total. The van der Waals surface area contributed by atoms with Crippen molar-refractivity contribution in [3.05, 3.63) is 95.5 Å². The zero-order valence-electron chi connectivity index (χ0n) is 17.9. The van der Waals surface area contributed by atoms with Crippen molar-refractivity contribution in [3.8, 4) is 22.4 Å². The number of benzene rings is 2. The van der Waals surface area contributed by atoms with Gasteiger partial charge in [0.15, 0.2) is 0 Å². The molecule has 2 aromatic carbocycles. The smallest absolute Gasteiger partial charge is 0.141 e. The molecule has 3 aromatic heterocycles. The molecule has 0 aliphatic rings. The van der Waals surface area contributed by atoms with Gasteiger partial charge in [0.25, 0.3) is 0 Å². The Morgan fingerprint density at radius 3 is 2.32 bits per heavy atom. The zero-order chi connectivity index (χ0) is 21.4. The number of nitrogens with one attached hydrogen (secondary N) is 1. The van der Waals surface area contributed by atoms with E-state index in [4.69, 9.17) is 9.51 Å². The van der Waals surface area contributed by atoms with Gasteiger partial charge in [-0.2, -0.15) is 0 Å². The van der Waals surface area contributed by atoms with Crippen LogP contribution in [0.2, 0.25) is 0 Å². The molecule has 0 atom stereocenters. The Morgan fingerprint density at radius 1 is 0.871 bits per heavy atom. The van der Waals surface area contributed by atoms with Crippen LogP contribution in [0.1, 0.15) is 22.6 Å². The quantitative estimate of drug-likeness (QED) is 0.376. The molecule has 0 spiro atoms. The van der Waals surface area contributed by atoms with Gasteiger partial charge in [-0.25, -0.2) is 4.98 Å². The van der Waals surface area contributed by atoms with Gasteiger partial charge in [-0.1, -0.05) is 65.8 Å². The zero-order valence-corrected chi connectivity index (χ0v) is 17.9. The average Bonchev–Trinajstić information content (AvgIpc) is 3.32. The Kier molecular flexibility index (Phi) is 4.79. The van der Waals surface area contributed by atoms with Crippen molar-refractivity contribution in [2.45, 2.75) is 27.3 Å². The highest BCUT2D eigenvalue weighted by Crippen LogP contribution is 2.33. The van der Waals surface area contributed by atoms with Gasteiger partial charge in [0, 0.05) is 23.9 Å². The van der Waals surface area contributed by atoms with Crippen LogP contribution >= 0.6 is 0 Å². The van der Waals surface area contributed by atoms with Crippen LogP contribution in [0.25, 0.3) is 28.0 Å². The van der Waals surface area contributed by atoms with Crippen molar-refractivity contribution in [2.24, 2.45) is 0 Å². The topological polar surface area (TPSA) is 55.4 Å². The number of anilines is 1. The maximum absolute atomic E-state index is 5.33. The molecule has 5 rings (SSSR count). The second kappa shape index (κ2) is 7.76. The summed E-state index contributed by atoms with van der Waals surface area (Å²) < 4.78 is 7.47. The molecule has 0 saturated carbocycles. The third kappa shape index (κ3) is 3.59. The van der Waals surface area contributed by atoms with E-state index in [1.807, 2.05) is 19.9 Å². The molecular weight excluding hydrogens is 384 g/mol. The van der Waals surface area contributed by atoms with Crippen molar-refractivity contribution < 1.29 is 4.52 Å². The second-order valence-corrected chi connectivity index (χ2v) is 7.86. The van der Waals surface area contributed by atoms with E-state index in [0.29, 0.717) is 0 Å². The Balaban J connectivity index is 1.56. The van der Waals surface area contributed by atoms with Crippen LogP contribution in [-0.4, -0.2) is 14.5 Å². The van der Waals surface area contributed by atoms with E-state index in [2.05, 4.69) is 88.7 Å². The highest BCUT2D eigenvalue weighted by atomic mass is 16.5. The van der Waals surface area contributed by atoms with Crippen LogP contribution in [0.3, 0.4) is 0 Å². The molecule has 0 amide bonds. The number of fused-ring (bicyclic) bond motifs is 1. The molecule has 0 fully saturated rings. The average molecular weight is 409 g/mol. The minimum absolute atomic E-state index is 0.729. The fraction of sp³-hybridized carbons (Fsp3) is 0.154. The van der Waals surface area contributed by atoms with Gasteiger partial charge in [-0.3, -0.25) is 4.40 Å². The molecule has 3 heterocycles. The predicted octanol–water partition coefficient (Wildman–Crippen LogP) is 6.19. The van der Waals surface area contributed by atoms with Gasteiger partial charge in [-0.15, -0.1) is 0 Å². The van der Waals surface area contributed by atoms with Gasteiger partial charge < -0.3 is 9.84 Å². The van der Waals surface area contributed by atoms with E-state index < -0.39 is 0 Å². The lowest BCUT2D eigenvalue weighted by Crippen LogP contribution is -2.03. The Morgan fingerprint density at radius 2 is 1.61 bits per heavy atom. The van der Waals surface area contributed by atoms with Crippen molar-refractivity contribution in [1.29, 1.82) is 0 Å². The molecule has 0 unspecified atom stereocenters. The maximum atomic E-state index is 5.33. The summed E-state index contributed by atoms with van der Waals surface area (Å²) >= 11 is 0. The third-order valence-electron chi connectivity index (χ3n) is 5.55. The highest BCUT2D eigenvalue weighted by molar-refractivity contribution is 5.79. The van der Waals surface area contributed by atoms with Gasteiger partial charge in [0.1, 0.15) is 22.9 Å². The van der Waals surface area contributed by atoms with E-state index >= 15 is 0 Å². The number of imidazole rings is 1. The van der Waals surface area contributed by atoms with E-state index in [0.717, 1.165) is 51.8 Å². The fourth-order valence-corrected chi connectivity index (χ4v) is 3.99. The minimum Gasteiger partial charge on any atom is -0.365 e. The lowest BCUT2D eigenvalue weighted by atomic mass is 10.0. The summed E-state index contributed by atoms with van der Waals surface area (Å²) in [5.74, 6) is 1.83. The molecular formula is C26H24N4O.